The maximum absolute atomic E-state index is 14.6. The number of hydrogen-bond acceptors (Lipinski definition) is 5. The molecule has 0 fully saturated rings. The quantitative estimate of drug-likeness (QED) is 0.126. The molecule has 0 radical (unpaired) electrons. The van der Waals surface area contributed by atoms with Gasteiger partial charge in [-0.25, -0.2) is 13.8 Å². The van der Waals surface area contributed by atoms with Crippen LogP contribution in [0.5, 0.6) is 5.75 Å². The van der Waals surface area contributed by atoms with Gasteiger partial charge in [0.15, 0.2) is 0 Å². The van der Waals surface area contributed by atoms with Crippen molar-refractivity contribution >= 4 is 23.3 Å². The first-order chi connectivity index (χ1) is 19.6. The van der Waals surface area contributed by atoms with Crippen LogP contribution < -0.4 is 4.74 Å². The van der Waals surface area contributed by atoms with E-state index < -0.39 is 35.9 Å². The number of ether oxygens (including phenoxy) is 2. The molecule has 0 unspecified atom stereocenters. The summed E-state index contributed by atoms with van der Waals surface area (Å²) in [7, 11) is 0. The lowest BCUT2D eigenvalue weighted by atomic mass is 9.90. The largest absolute Gasteiger partial charge is 0.573 e. The molecule has 1 aliphatic rings. The van der Waals surface area contributed by atoms with Crippen LogP contribution in [0.1, 0.15) is 29.2 Å². The van der Waals surface area contributed by atoms with Crippen LogP contribution >= 0.6 is 11.6 Å². The molecule has 0 spiro atoms. The summed E-state index contributed by atoms with van der Waals surface area (Å²) in [6.07, 6.45) is -3.37. The lowest BCUT2D eigenvalue weighted by Gasteiger charge is -2.18. The molecule has 4 aromatic rings. The van der Waals surface area contributed by atoms with Crippen molar-refractivity contribution in [3.63, 3.8) is 0 Å². The van der Waals surface area contributed by atoms with Gasteiger partial charge in [-0.2, -0.15) is 0 Å². The number of esters is 1. The van der Waals surface area contributed by atoms with Crippen molar-refractivity contribution in [1.29, 1.82) is 0 Å². The third-order valence-electron chi connectivity index (χ3n) is 6.49. The van der Waals surface area contributed by atoms with Gasteiger partial charge in [-0.3, -0.25) is 9.79 Å². The number of carbonyl (C=O) groups excluding carboxylic acids is 1. The third kappa shape index (κ3) is 6.71. The Kier molecular flexibility index (Phi) is 8.03. The van der Waals surface area contributed by atoms with Gasteiger partial charge in [-0.1, -0.05) is 60.1 Å². The van der Waals surface area contributed by atoms with Crippen molar-refractivity contribution in [3.8, 4) is 16.9 Å². The van der Waals surface area contributed by atoms with Crippen LogP contribution in [0.25, 0.3) is 11.1 Å². The Morgan fingerprint density at radius 3 is 2.12 bits per heavy atom. The lowest BCUT2D eigenvalue weighted by molar-refractivity contribution is -0.274. The Morgan fingerprint density at radius 1 is 0.902 bits per heavy atom. The molecule has 2 heterocycles. The first-order valence-electron chi connectivity index (χ1n) is 12.3. The molecule has 0 amide bonds. The molecule has 0 aliphatic carbocycles. The van der Waals surface area contributed by atoms with Crippen molar-refractivity contribution in [2.75, 3.05) is 0 Å². The summed E-state index contributed by atoms with van der Waals surface area (Å²) < 4.78 is 76.0. The van der Waals surface area contributed by atoms with Crippen molar-refractivity contribution in [1.82, 2.24) is 4.98 Å². The minimum absolute atomic E-state index is 0.0529. The van der Waals surface area contributed by atoms with Crippen LogP contribution in [0.2, 0.25) is 5.15 Å². The molecule has 11 heteroatoms. The second-order valence-electron chi connectivity index (χ2n) is 9.22. The Balaban J connectivity index is 1.40. The molecule has 0 saturated heterocycles. The molecule has 0 N–H and O–H groups in total. The summed E-state index contributed by atoms with van der Waals surface area (Å²) in [6, 6.07) is 18.1. The fraction of sp³-hybridized carbons (Fsp3) is 0.167. The molecule has 3 aromatic carbocycles. The molecule has 41 heavy (non-hydrogen) atoms. The highest BCUT2D eigenvalue weighted by molar-refractivity contribution is 6.29. The number of pyridine rings is 1. The van der Waals surface area contributed by atoms with Gasteiger partial charge in [0.2, 0.25) is 0 Å². The standard InChI is InChI=1S/C30H20ClF5N2O3/c31-26-13-4-17(15-37-26)16-40-29(39)22-14-25(27-23(32)2-1-3-24(27)33)38-28(22)20-7-5-18(6-8-20)19-9-11-21(12-10-19)41-30(34,35)36/h1-13,15,22,28H,14,16H2/t22-,28-/m0/s1. The third-order valence-corrected chi connectivity index (χ3v) is 6.71. The lowest BCUT2D eigenvalue weighted by Crippen LogP contribution is -2.22. The van der Waals surface area contributed by atoms with Gasteiger partial charge in [0.25, 0.3) is 0 Å². The van der Waals surface area contributed by atoms with Crippen LogP contribution in [0.15, 0.2) is 90.1 Å². The predicted molar refractivity (Wildman–Crippen MR) is 141 cm³/mol. The van der Waals surface area contributed by atoms with E-state index in [0.29, 0.717) is 22.3 Å². The SMILES string of the molecule is O=C(OCc1ccc(Cl)nc1)[C@H]1CC(c2c(F)cccc2F)=N[C@H]1c1ccc(-c2ccc(OC(F)(F)F)cc2)cc1. The number of hydrogen-bond donors (Lipinski definition) is 0. The topological polar surface area (TPSA) is 60.8 Å². The maximum Gasteiger partial charge on any atom is 0.573 e. The van der Waals surface area contributed by atoms with Crippen LogP contribution in [-0.2, 0) is 16.1 Å². The van der Waals surface area contributed by atoms with Gasteiger partial charge >= 0.3 is 12.3 Å². The van der Waals surface area contributed by atoms with E-state index in [0.717, 1.165) is 12.1 Å². The minimum Gasteiger partial charge on any atom is -0.460 e. The summed E-state index contributed by atoms with van der Waals surface area (Å²) in [4.78, 5) is 21.7. The first-order valence-corrected chi connectivity index (χ1v) is 12.7. The van der Waals surface area contributed by atoms with Crippen LogP contribution in [0.3, 0.4) is 0 Å². The van der Waals surface area contributed by atoms with Crippen LogP contribution in [0, 0.1) is 17.6 Å². The summed E-state index contributed by atoms with van der Waals surface area (Å²) in [5.74, 6) is -3.41. The fourth-order valence-electron chi connectivity index (χ4n) is 4.56. The number of aromatic nitrogens is 1. The average Bonchev–Trinajstić information content (AvgIpc) is 3.37. The zero-order chi connectivity index (χ0) is 29.1. The zero-order valence-electron chi connectivity index (χ0n) is 21.0. The molecule has 1 aromatic heterocycles. The van der Waals surface area contributed by atoms with Crippen molar-refractivity contribution < 1.29 is 36.2 Å². The highest BCUT2D eigenvalue weighted by atomic mass is 35.5. The van der Waals surface area contributed by atoms with Gasteiger partial charge in [0.1, 0.15) is 29.1 Å². The molecule has 0 saturated carbocycles. The number of alkyl halides is 3. The van der Waals surface area contributed by atoms with E-state index >= 15 is 0 Å². The molecule has 1 aliphatic heterocycles. The number of benzene rings is 3. The monoisotopic (exact) mass is 586 g/mol. The molecule has 5 nitrogen and oxygen atoms in total. The van der Waals surface area contributed by atoms with Gasteiger partial charge in [-0.15, -0.1) is 13.2 Å². The van der Waals surface area contributed by atoms with E-state index in [4.69, 9.17) is 16.3 Å². The van der Waals surface area contributed by atoms with Gasteiger partial charge in [0, 0.05) is 23.9 Å². The molecule has 210 valence electrons. The number of rotatable bonds is 7. The van der Waals surface area contributed by atoms with E-state index in [-0.39, 0.29) is 35.2 Å². The second kappa shape index (κ2) is 11.7. The maximum atomic E-state index is 14.6. The highest BCUT2D eigenvalue weighted by Crippen LogP contribution is 2.39. The Morgan fingerprint density at radius 2 is 1.54 bits per heavy atom. The number of halogens is 6. The molecule has 5 rings (SSSR count). The van der Waals surface area contributed by atoms with Crippen molar-refractivity contribution in [3.05, 3.63) is 119 Å². The minimum atomic E-state index is -4.79. The summed E-state index contributed by atoms with van der Waals surface area (Å²) in [5, 5.41) is 0.287. The average molecular weight is 587 g/mol. The van der Waals surface area contributed by atoms with Crippen molar-refractivity contribution in [2.24, 2.45) is 10.9 Å². The van der Waals surface area contributed by atoms with Gasteiger partial charge in [0.05, 0.1) is 17.5 Å². The van der Waals surface area contributed by atoms with E-state index in [1.54, 1.807) is 36.4 Å². The summed E-state index contributed by atoms with van der Waals surface area (Å²) in [6.45, 7) is -0.0808. The molecule has 2 atom stereocenters. The highest BCUT2D eigenvalue weighted by Gasteiger charge is 2.39. The van der Waals surface area contributed by atoms with Crippen LogP contribution in [-0.4, -0.2) is 23.0 Å². The van der Waals surface area contributed by atoms with E-state index in [9.17, 15) is 26.7 Å². The van der Waals surface area contributed by atoms with Gasteiger partial charge < -0.3 is 9.47 Å². The van der Waals surface area contributed by atoms with E-state index in [2.05, 4.69) is 14.7 Å². The molecular weight excluding hydrogens is 567 g/mol. The number of nitrogens with zero attached hydrogens (tertiary/aromatic N) is 2. The first kappa shape index (κ1) is 28.2. The Bertz CT molecular complexity index is 1550. The van der Waals surface area contributed by atoms with Crippen molar-refractivity contribution in [2.45, 2.75) is 25.4 Å². The normalized spacial score (nSPS) is 16.8. The van der Waals surface area contributed by atoms with Crippen LogP contribution in [0.4, 0.5) is 22.0 Å². The number of aliphatic imine (C=N–C) groups is 1. The van der Waals surface area contributed by atoms with E-state index in [1.807, 2.05) is 0 Å². The molecule has 0 bridgehead atoms. The smallest absolute Gasteiger partial charge is 0.460 e. The zero-order valence-corrected chi connectivity index (χ0v) is 21.8. The second-order valence-corrected chi connectivity index (χ2v) is 9.61. The Labute approximate surface area is 236 Å². The molecular formula is C30H20ClF5N2O3. The fourth-order valence-corrected chi connectivity index (χ4v) is 4.68. The number of carbonyl (C=O) groups is 1. The van der Waals surface area contributed by atoms with E-state index in [1.165, 1.54) is 36.5 Å². The predicted octanol–water partition coefficient (Wildman–Crippen LogP) is 7.87. The summed E-state index contributed by atoms with van der Waals surface area (Å²) in [5.41, 5.74) is 2.31. The Hall–Kier alpha value is -4.31. The van der Waals surface area contributed by atoms with Gasteiger partial charge in [-0.05, 0) is 47.0 Å². The summed E-state index contributed by atoms with van der Waals surface area (Å²) >= 11 is 5.80.